The molecular formula is C9H13N3O2. The highest BCUT2D eigenvalue weighted by Crippen LogP contribution is 2.06. The zero-order chi connectivity index (χ0) is 9.80. The lowest BCUT2D eigenvalue weighted by atomic mass is 10.2. The van der Waals surface area contributed by atoms with Crippen molar-refractivity contribution in [1.29, 1.82) is 0 Å². The summed E-state index contributed by atoms with van der Waals surface area (Å²) in [5.41, 5.74) is 0.831. The lowest BCUT2D eigenvalue weighted by Crippen LogP contribution is -2.48. The Morgan fingerprint density at radius 1 is 1.43 bits per heavy atom. The molecule has 0 radical (unpaired) electrons. The molecule has 14 heavy (non-hydrogen) atoms. The van der Waals surface area contributed by atoms with E-state index >= 15 is 0 Å². The molecule has 5 nitrogen and oxygen atoms in total. The number of nitrogens with one attached hydrogen (secondary N) is 1. The monoisotopic (exact) mass is 195 g/mol. The topological polar surface area (TPSA) is 56.3 Å². The summed E-state index contributed by atoms with van der Waals surface area (Å²) in [6.07, 6.45) is 0.332. The Balaban J connectivity index is 1.83. The zero-order valence-corrected chi connectivity index (χ0v) is 8.06. The van der Waals surface area contributed by atoms with Crippen molar-refractivity contribution in [1.82, 2.24) is 15.5 Å². The number of aromatic nitrogens is 2. The van der Waals surface area contributed by atoms with Gasteiger partial charge in [-0.15, -0.1) is 10.2 Å². The molecule has 0 unspecified atom stereocenters. The van der Waals surface area contributed by atoms with Crippen LogP contribution in [0.5, 0.6) is 5.88 Å². The number of ether oxygens (including phenoxy) is 2. The van der Waals surface area contributed by atoms with Gasteiger partial charge in [0.15, 0.2) is 0 Å². The fraction of sp³-hybridized carbons (Fsp3) is 0.556. The average Bonchev–Trinajstić information content (AvgIpc) is 2.16. The van der Waals surface area contributed by atoms with Gasteiger partial charge in [0.25, 0.3) is 0 Å². The summed E-state index contributed by atoms with van der Waals surface area (Å²) in [6.45, 7) is 2.39. The van der Waals surface area contributed by atoms with Crippen molar-refractivity contribution in [2.75, 3.05) is 20.2 Å². The van der Waals surface area contributed by atoms with Gasteiger partial charge in [0, 0.05) is 19.2 Å². The van der Waals surface area contributed by atoms with Gasteiger partial charge >= 0.3 is 0 Å². The molecule has 1 fully saturated rings. The molecule has 76 valence electrons. The second-order valence-corrected chi connectivity index (χ2v) is 3.16. The SMILES string of the molecule is COc1ccc(COC2CNC2)nn1. The third-order valence-corrected chi connectivity index (χ3v) is 2.12. The fourth-order valence-corrected chi connectivity index (χ4v) is 1.12. The van der Waals surface area contributed by atoms with Gasteiger partial charge in [-0.25, -0.2) is 0 Å². The van der Waals surface area contributed by atoms with E-state index in [1.165, 1.54) is 0 Å². The third-order valence-electron chi connectivity index (χ3n) is 2.12. The normalized spacial score (nSPS) is 16.4. The van der Waals surface area contributed by atoms with Crippen molar-refractivity contribution >= 4 is 0 Å². The third kappa shape index (κ3) is 2.18. The van der Waals surface area contributed by atoms with Crippen molar-refractivity contribution in [2.24, 2.45) is 0 Å². The molecule has 5 heteroatoms. The first-order valence-corrected chi connectivity index (χ1v) is 4.57. The van der Waals surface area contributed by atoms with Gasteiger partial charge < -0.3 is 14.8 Å². The van der Waals surface area contributed by atoms with E-state index in [4.69, 9.17) is 9.47 Å². The van der Waals surface area contributed by atoms with Crippen LogP contribution in [0.4, 0.5) is 0 Å². The highest BCUT2D eigenvalue weighted by molar-refractivity contribution is 5.10. The zero-order valence-electron chi connectivity index (χ0n) is 8.06. The van der Waals surface area contributed by atoms with Crippen LogP contribution >= 0.6 is 0 Å². The summed E-state index contributed by atoms with van der Waals surface area (Å²) in [5, 5.41) is 10.9. The molecule has 0 aliphatic carbocycles. The summed E-state index contributed by atoms with van der Waals surface area (Å²) < 4.78 is 10.4. The van der Waals surface area contributed by atoms with Gasteiger partial charge in [0.05, 0.1) is 25.5 Å². The molecule has 1 aromatic rings. The molecule has 1 aromatic heterocycles. The summed E-state index contributed by atoms with van der Waals surface area (Å²) in [7, 11) is 1.57. The molecule has 2 heterocycles. The van der Waals surface area contributed by atoms with Crippen molar-refractivity contribution in [3.05, 3.63) is 17.8 Å². The minimum Gasteiger partial charge on any atom is -0.480 e. The fourth-order valence-electron chi connectivity index (χ4n) is 1.12. The lowest BCUT2D eigenvalue weighted by Gasteiger charge is -2.26. The van der Waals surface area contributed by atoms with E-state index in [1.807, 2.05) is 6.07 Å². The molecule has 0 bridgehead atoms. The van der Waals surface area contributed by atoms with E-state index in [1.54, 1.807) is 13.2 Å². The Morgan fingerprint density at radius 3 is 2.79 bits per heavy atom. The standard InChI is InChI=1S/C9H13N3O2/c1-13-9-3-2-7(11-12-9)6-14-8-4-10-5-8/h2-3,8,10H,4-6H2,1H3. The number of hydrogen-bond acceptors (Lipinski definition) is 5. The summed E-state index contributed by atoms with van der Waals surface area (Å²) in [6, 6.07) is 3.64. The molecular weight excluding hydrogens is 182 g/mol. The van der Waals surface area contributed by atoms with Gasteiger partial charge in [-0.1, -0.05) is 0 Å². The Bertz CT molecular complexity index is 285. The summed E-state index contributed by atoms with van der Waals surface area (Å²) in [4.78, 5) is 0. The molecule has 1 aliphatic heterocycles. The maximum Gasteiger partial charge on any atom is 0.233 e. The Hall–Kier alpha value is -1.20. The lowest BCUT2D eigenvalue weighted by molar-refractivity contribution is 0.00570. The summed E-state index contributed by atoms with van der Waals surface area (Å²) >= 11 is 0. The first-order valence-electron chi connectivity index (χ1n) is 4.57. The van der Waals surface area contributed by atoms with Gasteiger partial charge in [-0.3, -0.25) is 0 Å². The maximum atomic E-state index is 5.53. The van der Waals surface area contributed by atoms with Crippen LogP contribution in [0.25, 0.3) is 0 Å². The number of hydrogen-bond donors (Lipinski definition) is 1. The number of methoxy groups -OCH3 is 1. The average molecular weight is 195 g/mol. The first-order chi connectivity index (χ1) is 6.88. The molecule has 0 spiro atoms. The Labute approximate surface area is 82.4 Å². The second kappa shape index (κ2) is 4.34. The predicted octanol–water partition coefficient (Wildman–Crippen LogP) is -0.0264. The van der Waals surface area contributed by atoms with Crippen molar-refractivity contribution in [3.8, 4) is 5.88 Å². The van der Waals surface area contributed by atoms with Gasteiger partial charge in [-0.2, -0.15) is 0 Å². The van der Waals surface area contributed by atoms with Gasteiger partial charge in [0.2, 0.25) is 5.88 Å². The first kappa shape index (κ1) is 9.36. The van der Waals surface area contributed by atoms with E-state index in [0.29, 0.717) is 18.6 Å². The largest absolute Gasteiger partial charge is 0.480 e. The Kier molecular flexibility index (Phi) is 2.90. The van der Waals surface area contributed by atoms with Crippen molar-refractivity contribution in [2.45, 2.75) is 12.7 Å². The number of rotatable bonds is 4. The van der Waals surface area contributed by atoms with Gasteiger partial charge in [-0.05, 0) is 6.07 Å². The van der Waals surface area contributed by atoms with Crippen molar-refractivity contribution in [3.63, 3.8) is 0 Å². The minimum atomic E-state index is 0.332. The van der Waals surface area contributed by atoms with Crippen LogP contribution in [0, 0.1) is 0 Å². The molecule has 1 N–H and O–H groups in total. The van der Waals surface area contributed by atoms with Crippen molar-refractivity contribution < 1.29 is 9.47 Å². The Morgan fingerprint density at radius 2 is 2.29 bits per heavy atom. The van der Waals surface area contributed by atoms with Crippen LogP contribution in [-0.4, -0.2) is 36.5 Å². The molecule has 0 amide bonds. The highest BCUT2D eigenvalue weighted by Gasteiger charge is 2.16. The molecule has 0 saturated carbocycles. The summed E-state index contributed by atoms with van der Waals surface area (Å²) in [5.74, 6) is 0.527. The predicted molar refractivity (Wildman–Crippen MR) is 50.0 cm³/mol. The van der Waals surface area contributed by atoms with E-state index in [2.05, 4.69) is 15.5 Å². The van der Waals surface area contributed by atoms with Crippen LogP contribution in [0.3, 0.4) is 0 Å². The smallest absolute Gasteiger partial charge is 0.233 e. The van der Waals surface area contributed by atoms with E-state index in [-0.39, 0.29) is 0 Å². The highest BCUT2D eigenvalue weighted by atomic mass is 16.5. The molecule has 2 rings (SSSR count). The van der Waals surface area contributed by atoms with E-state index < -0.39 is 0 Å². The van der Waals surface area contributed by atoms with Crippen LogP contribution in [0.2, 0.25) is 0 Å². The van der Waals surface area contributed by atoms with Crippen LogP contribution < -0.4 is 10.1 Å². The minimum absolute atomic E-state index is 0.332. The van der Waals surface area contributed by atoms with E-state index in [9.17, 15) is 0 Å². The number of nitrogens with zero attached hydrogens (tertiary/aromatic N) is 2. The quantitative estimate of drug-likeness (QED) is 0.731. The van der Waals surface area contributed by atoms with E-state index in [0.717, 1.165) is 18.8 Å². The molecule has 0 atom stereocenters. The second-order valence-electron chi connectivity index (χ2n) is 3.16. The van der Waals surface area contributed by atoms with Crippen LogP contribution in [0.1, 0.15) is 5.69 Å². The molecule has 1 saturated heterocycles. The molecule has 0 aromatic carbocycles. The maximum absolute atomic E-state index is 5.53. The van der Waals surface area contributed by atoms with Crippen LogP contribution in [0.15, 0.2) is 12.1 Å². The van der Waals surface area contributed by atoms with Crippen LogP contribution in [-0.2, 0) is 11.3 Å². The molecule has 1 aliphatic rings. The van der Waals surface area contributed by atoms with Gasteiger partial charge in [0.1, 0.15) is 0 Å².